The Hall–Kier alpha value is -0.300. The minimum Gasteiger partial charge on any atom is -0.384 e. The zero-order valence-electron chi connectivity index (χ0n) is 10.4. The molecule has 2 saturated carbocycles. The molecule has 0 bridgehead atoms. The topological polar surface area (TPSA) is 9.23 Å². The van der Waals surface area contributed by atoms with Crippen molar-refractivity contribution in [1.82, 2.24) is 0 Å². The number of ether oxygens (including phenoxy) is 1. The summed E-state index contributed by atoms with van der Waals surface area (Å²) in [4.78, 5) is 0. The maximum absolute atomic E-state index is 5.36. The molecule has 0 aliphatic heterocycles. The molecule has 0 heterocycles. The first-order valence-corrected chi connectivity index (χ1v) is 6.27. The van der Waals surface area contributed by atoms with Crippen LogP contribution in [0.15, 0.2) is 12.2 Å². The molecule has 0 aromatic rings. The van der Waals surface area contributed by atoms with E-state index in [0.717, 1.165) is 30.8 Å². The fourth-order valence-corrected chi connectivity index (χ4v) is 3.46. The zero-order chi connectivity index (χ0) is 11.1. The van der Waals surface area contributed by atoms with E-state index in [1.165, 1.54) is 24.8 Å². The molecule has 86 valence electrons. The van der Waals surface area contributed by atoms with Crippen molar-refractivity contribution >= 4 is 0 Å². The van der Waals surface area contributed by atoms with Crippen molar-refractivity contribution < 1.29 is 4.74 Å². The molecule has 0 aromatic carbocycles. The first-order chi connectivity index (χ1) is 7.10. The van der Waals surface area contributed by atoms with Crippen molar-refractivity contribution in [2.24, 2.45) is 23.2 Å². The second kappa shape index (κ2) is 3.93. The Morgan fingerprint density at radius 3 is 2.80 bits per heavy atom. The van der Waals surface area contributed by atoms with Crippen LogP contribution >= 0.6 is 0 Å². The van der Waals surface area contributed by atoms with Gasteiger partial charge in [0, 0.05) is 13.7 Å². The Morgan fingerprint density at radius 1 is 1.47 bits per heavy atom. The van der Waals surface area contributed by atoms with E-state index in [1.807, 2.05) is 7.11 Å². The molecular formula is C14H24O. The lowest BCUT2D eigenvalue weighted by molar-refractivity contribution is 0.0892. The minimum atomic E-state index is 0.660. The first-order valence-electron chi connectivity index (χ1n) is 6.27. The Bertz CT molecular complexity index is 258. The molecule has 0 saturated heterocycles. The van der Waals surface area contributed by atoms with Crippen molar-refractivity contribution in [2.75, 3.05) is 13.7 Å². The molecule has 0 spiro atoms. The van der Waals surface area contributed by atoms with Gasteiger partial charge in [-0.15, -0.1) is 0 Å². The Kier molecular flexibility index (Phi) is 2.94. The van der Waals surface area contributed by atoms with Crippen molar-refractivity contribution in [1.29, 1.82) is 0 Å². The van der Waals surface area contributed by atoms with E-state index in [9.17, 15) is 0 Å². The summed E-state index contributed by atoms with van der Waals surface area (Å²) >= 11 is 0. The van der Waals surface area contributed by atoms with E-state index in [2.05, 4.69) is 20.4 Å². The number of rotatable bonds is 4. The second-order valence-corrected chi connectivity index (χ2v) is 5.83. The normalized spacial score (nSPS) is 43.5. The fraction of sp³-hybridized carbons (Fsp3) is 0.857. The third kappa shape index (κ3) is 1.99. The molecule has 2 aliphatic carbocycles. The van der Waals surface area contributed by atoms with Gasteiger partial charge in [-0.05, 0) is 48.9 Å². The van der Waals surface area contributed by atoms with Gasteiger partial charge in [-0.3, -0.25) is 0 Å². The molecule has 1 nitrogen and oxygen atoms in total. The number of hydrogen-bond acceptors (Lipinski definition) is 1. The van der Waals surface area contributed by atoms with E-state index in [4.69, 9.17) is 4.74 Å². The molecule has 0 aromatic heterocycles. The van der Waals surface area contributed by atoms with Crippen LogP contribution in [0.5, 0.6) is 0 Å². The van der Waals surface area contributed by atoms with E-state index in [1.54, 1.807) is 0 Å². The van der Waals surface area contributed by atoms with Crippen LogP contribution in [0.1, 0.15) is 39.5 Å². The summed E-state index contributed by atoms with van der Waals surface area (Å²) in [5, 5.41) is 0. The van der Waals surface area contributed by atoms with Crippen molar-refractivity contribution in [3.63, 3.8) is 0 Å². The van der Waals surface area contributed by atoms with E-state index in [-0.39, 0.29) is 0 Å². The SMILES string of the molecule is C=C(CC)C1CC2(C)CC2CC1COC. The van der Waals surface area contributed by atoms with Gasteiger partial charge in [-0.1, -0.05) is 26.0 Å². The van der Waals surface area contributed by atoms with Gasteiger partial charge in [0.25, 0.3) is 0 Å². The average molecular weight is 208 g/mol. The van der Waals surface area contributed by atoms with Gasteiger partial charge in [0.15, 0.2) is 0 Å². The monoisotopic (exact) mass is 208 g/mol. The lowest BCUT2D eigenvalue weighted by Crippen LogP contribution is -2.29. The Morgan fingerprint density at radius 2 is 2.20 bits per heavy atom. The molecule has 2 aliphatic rings. The van der Waals surface area contributed by atoms with Crippen molar-refractivity contribution in [2.45, 2.75) is 39.5 Å². The summed E-state index contributed by atoms with van der Waals surface area (Å²) in [7, 11) is 1.83. The first kappa shape index (κ1) is 11.2. The maximum atomic E-state index is 5.36. The number of hydrogen-bond donors (Lipinski definition) is 0. The number of methoxy groups -OCH3 is 1. The fourth-order valence-electron chi connectivity index (χ4n) is 3.46. The Balaban J connectivity index is 2.05. The van der Waals surface area contributed by atoms with Gasteiger partial charge in [-0.2, -0.15) is 0 Å². The minimum absolute atomic E-state index is 0.660. The summed E-state index contributed by atoms with van der Waals surface area (Å²) < 4.78 is 5.36. The van der Waals surface area contributed by atoms with Gasteiger partial charge >= 0.3 is 0 Å². The van der Waals surface area contributed by atoms with Crippen LogP contribution in [0.3, 0.4) is 0 Å². The number of allylic oxidation sites excluding steroid dienone is 1. The molecular weight excluding hydrogens is 184 g/mol. The van der Waals surface area contributed by atoms with Gasteiger partial charge < -0.3 is 4.74 Å². The lowest BCUT2D eigenvalue weighted by Gasteiger charge is -2.35. The summed E-state index contributed by atoms with van der Waals surface area (Å²) in [5.41, 5.74) is 2.11. The highest BCUT2D eigenvalue weighted by atomic mass is 16.5. The van der Waals surface area contributed by atoms with E-state index < -0.39 is 0 Å². The smallest absolute Gasteiger partial charge is 0.0496 e. The van der Waals surface area contributed by atoms with Crippen LogP contribution in [0.25, 0.3) is 0 Å². The predicted molar refractivity (Wildman–Crippen MR) is 63.7 cm³/mol. The standard InChI is InChI=1S/C14H24O/c1-5-10(2)13-8-14(3)7-12(14)6-11(13)9-15-4/h11-13H,2,5-9H2,1,3-4H3. The van der Waals surface area contributed by atoms with Crippen LogP contribution in [0.2, 0.25) is 0 Å². The highest BCUT2D eigenvalue weighted by Crippen LogP contribution is 2.64. The molecule has 15 heavy (non-hydrogen) atoms. The quantitative estimate of drug-likeness (QED) is 0.641. The average Bonchev–Trinajstić information content (AvgIpc) is 2.87. The Labute approximate surface area is 93.9 Å². The highest BCUT2D eigenvalue weighted by Gasteiger charge is 2.55. The second-order valence-electron chi connectivity index (χ2n) is 5.83. The van der Waals surface area contributed by atoms with Gasteiger partial charge in [0.05, 0.1) is 0 Å². The molecule has 2 fully saturated rings. The molecule has 4 unspecified atom stereocenters. The molecule has 0 radical (unpaired) electrons. The summed E-state index contributed by atoms with van der Waals surface area (Å²) in [5.74, 6) is 2.44. The van der Waals surface area contributed by atoms with Gasteiger partial charge in [-0.25, -0.2) is 0 Å². The van der Waals surface area contributed by atoms with Crippen LogP contribution in [-0.2, 0) is 4.74 Å². The predicted octanol–water partition coefficient (Wildman–Crippen LogP) is 3.65. The van der Waals surface area contributed by atoms with Crippen LogP contribution in [0, 0.1) is 23.2 Å². The number of fused-ring (bicyclic) bond motifs is 1. The van der Waals surface area contributed by atoms with Gasteiger partial charge in [0.2, 0.25) is 0 Å². The summed E-state index contributed by atoms with van der Waals surface area (Å²) in [6.45, 7) is 9.87. The molecule has 2 rings (SSSR count). The summed E-state index contributed by atoms with van der Waals surface area (Å²) in [6, 6.07) is 0. The third-order valence-corrected chi connectivity index (χ3v) is 4.74. The van der Waals surface area contributed by atoms with Crippen LogP contribution in [0.4, 0.5) is 0 Å². The maximum Gasteiger partial charge on any atom is 0.0496 e. The van der Waals surface area contributed by atoms with E-state index >= 15 is 0 Å². The van der Waals surface area contributed by atoms with Crippen molar-refractivity contribution in [3.05, 3.63) is 12.2 Å². The molecule has 0 N–H and O–H groups in total. The lowest BCUT2D eigenvalue weighted by atomic mass is 9.71. The highest BCUT2D eigenvalue weighted by molar-refractivity contribution is 5.13. The molecule has 4 atom stereocenters. The van der Waals surface area contributed by atoms with Crippen LogP contribution < -0.4 is 0 Å². The summed E-state index contributed by atoms with van der Waals surface area (Å²) in [6.07, 6.45) is 5.30. The largest absolute Gasteiger partial charge is 0.384 e. The van der Waals surface area contributed by atoms with Crippen LogP contribution in [-0.4, -0.2) is 13.7 Å². The van der Waals surface area contributed by atoms with E-state index in [0.29, 0.717) is 5.41 Å². The molecule has 1 heteroatoms. The molecule has 0 amide bonds. The zero-order valence-corrected chi connectivity index (χ0v) is 10.4. The third-order valence-electron chi connectivity index (χ3n) is 4.74. The van der Waals surface area contributed by atoms with Gasteiger partial charge in [0.1, 0.15) is 0 Å². The van der Waals surface area contributed by atoms with Crippen molar-refractivity contribution in [3.8, 4) is 0 Å².